The van der Waals surface area contributed by atoms with E-state index < -0.39 is 12.1 Å². The number of rotatable bonds is 8. The van der Waals surface area contributed by atoms with Crippen LogP contribution >= 0.6 is 0 Å². The lowest BCUT2D eigenvalue weighted by molar-refractivity contribution is -0.274. The first kappa shape index (κ1) is 28.4. The normalized spacial score (nSPS) is 20.6. The summed E-state index contributed by atoms with van der Waals surface area (Å²) in [6.07, 6.45) is 2.57. The van der Waals surface area contributed by atoms with E-state index in [1.54, 1.807) is 25.4 Å². The van der Waals surface area contributed by atoms with Gasteiger partial charge in [-0.3, -0.25) is 4.79 Å². The van der Waals surface area contributed by atoms with Gasteiger partial charge in [0.25, 0.3) is 0 Å². The summed E-state index contributed by atoms with van der Waals surface area (Å²) < 4.78 is 47.6. The number of pyridine rings is 2. The number of hydrogen-bond acceptors (Lipinski definition) is 10. The van der Waals surface area contributed by atoms with Crippen LogP contribution in [0.4, 0.5) is 36.4 Å². The van der Waals surface area contributed by atoms with Crippen molar-refractivity contribution in [1.29, 1.82) is 0 Å². The molecule has 2 aliphatic rings. The largest absolute Gasteiger partial charge is 0.573 e. The van der Waals surface area contributed by atoms with Crippen LogP contribution in [0.1, 0.15) is 39.0 Å². The minimum Gasteiger partial charge on any atom is -0.466 e. The molecule has 3 aromatic heterocycles. The molecule has 4 heterocycles. The zero-order valence-electron chi connectivity index (χ0n) is 22.9. The second-order valence-electron chi connectivity index (χ2n) is 10.4. The molecule has 2 fully saturated rings. The van der Waals surface area contributed by atoms with E-state index in [9.17, 15) is 18.0 Å². The molecule has 218 valence electrons. The number of nitrogens with one attached hydrogen (secondary N) is 2. The average Bonchev–Trinajstić information content (AvgIpc) is 3.35. The highest BCUT2D eigenvalue weighted by Crippen LogP contribution is 2.47. The number of nitrogens with zero attached hydrogens (tertiary/aromatic N) is 5. The molecule has 2 atom stereocenters. The molecule has 3 aromatic rings. The van der Waals surface area contributed by atoms with E-state index in [4.69, 9.17) is 9.72 Å². The smallest absolute Gasteiger partial charge is 0.466 e. The van der Waals surface area contributed by atoms with Crippen LogP contribution in [0.15, 0.2) is 42.7 Å². The SMILES string of the molecule is CCOC(=O)C1CCCC2(CCN(c3cc(Nc4cc(OC(F)(F)F)ccn4)nc(-c4ccc(NC)nc4)n3)C2)C1. The van der Waals surface area contributed by atoms with Gasteiger partial charge in [-0.1, -0.05) is 6.42 Å². The number of alkyl halides is 3. The number of anilines is 4. The summed E-state index contributed by atoms with van der Waals surface area (Å²) in [4.78, 5) is 32.6. The molecule has 1 saturated heterocycles. The molecular formula is C28H32F3N7O3. The lowest BCUT2D eigenvalue weighted by atomic mass is 9.69. The second kappa shape index (κ2) is 11.8. The van der Waals surface area contributed by atoms with Crippen LogP contribution in [0.5, 0.6) is 5.75 Å². The van der Waals surface area contributed by atoms with Crippen LogP contribution in [-0.4, -0.2) is 59.0 Å². The van der Waals surface area contributed by atoms with E-state index in [0.29, 0.717) is 35.4 Å². The maximum absolute atomic E-state index is 12.8. The van der Waals surface area contributed by atoms with Gasteiger partial charge in [0.1, 0.15) is 29.0 Å². The molecule has 41 heavy (non-hydrogen) atoms. The number of carbonyl (C=O) groups excluding carboxylic acids is 1. The monoisotopic (exact) mass is 571 g/mol. The van der Waals surface area contributed by atoms with Crippen LogP contribution in [0.3, 0.4) is 0 Å². The van der Waals surface area contributed by atoms with Gasteiger partial charge in [0, 0.05) is 50.2 Å². The lowest BCUT2D eigenvalue weighted by Crippen LogP contribution is -2.35. The van der Waals surface area contributed by atoms with Crippen molar-refractivity contribution in [2.24, 2.45) is 11.3 Å². The van der Waals surface area contributed by atoms with Crippen molar-refractivity contribution >= 4 is 29.2 Å². The summed E-state index contributed by atoms with van der Waals surface area (Å²) in [6, 6.07) is 7.68. The van der Waals surface area contributed by atoms with Crippen LogP contribution in [0.25, 0.3) is 11.4 Å². The molecule has 1 spiro atoms. The van der Waals surface area contributed by atoms with E-state index >= 15 is 0 Å². The predicted molar refractivity (Wildman–Crippen MR) is 147 cm³/mol. The zero-order chi connectivity index (χ0) is 29.0. The molecule has 1 saturated carbocycles. The first-order chi connectivity index (χ1) is 19.6. The highest BCUT2D eigenvalue weighted by molar-refractivity contribution is 5.72. The van der Waals surface area contributed by atoms with E-state index in [2.05, 4.69) is 35.2 Å². The first-order valence-electron chi connectivity index (χ1n) is 13.6. The van der Waals surface area contributed by atoms with Crippen LogP contribution < -0.4 is 20.3 Å². The number of carbonyl (C=O) groups is 1. The van der Waals surface area contributed by atoms with Gasteiger partial charge >= 0.3 is 12.3 Å². The maximum Gasteiger partial charge on any atom is 0.573 e. The van der Waals surface area contributed by atoms with Gasteiger partial charge in [0.05, 0.1) is 12.5 Å². The van der Waals surface area contributed by atoms with E-state index in [1.807, 2.05) is 13.0 Å². The van der Waals surface area contributed by atoms with Crippen LogP contribution in [-0.2, 0) is 9.53 Å². The highest BCUT2D eigenvalue weighted by atomic mass is 19.4. The molecule has 1 aliphatic heterocycles. The molecule has 1 aliphatic carbocycles. The van der Waals surface area contributed by atoms with Crippen LogP contribution in [0, 0.1) is 11.3 Å². The highest BCUT2D eigenvalue weighted by Gasteiger charge is 2.44. The third-order valence-electron chi connectivity index (χ3n) is 7.53. The summed E-state index contributed by atoms with van der Waals surface area (Å²) in [5, 5.41) is 5.98. The molecule has 2 unspecified atom stereocenters. The van der Waals surface area contributed by atoms with Gasteiger partial charge in [-0.15, -0.1) is 13.2 Å². The summed E-state index contributed by atoms with van der Waals surface area (Å²) in [5.41, 5.74) is 0.653. The van der Waals surface area contributed by atoms with Crippen molar-refractivity contribution < 1.29 is 27.4 Å². The molecule has 0 radical (unpaired) electrons. The Morgan fingerprint density at radius 1 is 1.12 bits per heavy atom. The summed E-state index contributed by atoms with van der Waals surface area (Å²) in [7, 11) is 1.77. The fourth-order valence-electron chi connectivity index (χ4n) is 5.68. The topological polar surface area (TPSA) is 114 Å². The number of esters is 1. The molecule has 13 heteroatoms. The third kappa shape index (κ3) is 6.95. The fraction of sp³-hybridized carbons (Fsp3) is 0.464. The van der Waals surface area contributed by atoms with Crippen molar-refractivity contribution in [3.8, 4) is 17.1 Å². The molecule has 5 rings (SSSR count). The Hall–Kier alpha value is -4.16. The minimum absolute atomic E-state index is 0.0186. The molecule has 10 nitrogen and oxygen atoms in total. The van der Waals surface area contributed by atoms with Gasteiger partial charge < -0.3 is 25.0 Å². The Bertz CT molecular complexity index is 1370. The Labute approximate surface area is 235 Å². The van der Waals surface area contributed by atoms with Gasteiger partial charge in [0.15, 0.2) is 5.82 Å². The number of ether oxygens (including phenoxy) is 2. The molecular weight excluding hydrogens is 539 g/mol. The molecule has 0 amide bonds. The van der Waals surface area contributed by atoms with Gasteiger partial charge in [-0.05, 0) is 56.2 Å². The van der Waals surface area contributed by atoms with Crippen molar-refractivity contribution in [2.75, 3.05) is 42.3 Å². The quantitative estimate of drug-likeness (QED) is 0.333. The second-order valence-corrected chi connectivity index (χ2v) is 10.4. The Morgan fingerprint density at radius 2 is 1.98 bits per heavy atom. The standard InChI is InChI=1S/C28H32F3N7O3/c1-3-40-26(39)18-5-4-9-27(15-18)10-12-38(17-27)24-14-23(35-22-13-20(8-11-33-22)41-28(29,30)31)36-25(37-24)19-6-7-21(32-2)34-16-19/h6-8,11,13-14,16,18H,3-5,9-10,12,15,17H2,1-2H3,(H,32,34)(H,33,35,36,37). The van der Waals surface area contributed by atoms with E-state index in [-0.39, 0.29) is 23.1 Å². The Balaban J connectivity index is 1.43. The first-order valence-corrected chi connectivity index (χ1v) is 13.6. The van der Waals surface area contributed by atoms with E-state index in [0.717, 1.165) is 57.3 Å². The van der Waals surface area contributed by atoms with Crippen molar-refractivity contribution in [2.45, 2.75) is 45.4 Å². The number of hydrogen-bond donors (Lipinski definition) is 2. The maximum atomic E-state index is 12.8. The van der Waals surface area contributed by atoms with Crippen LogP contribution in [0.2, 0.25) is 0 Å². The number of aromatic nitrogens is 4. The number of halogens is 3. The Morgan fingerprint density at radius 3 is 2.71 bits per heavy atom. The van der Waals surface area contributed by atoms with Gasteiger partial charge in [-0.2, -0.15) is 0 Å². The summed E-state index contributed by atoms with van der Waals surface area (Å²) in [5.74, 6) is 1.61. The summed E-state index contributed by atoms with van der Waals surface area (Å²) in [6.45, 7) is 3.67. The van der Waals surface area contributed by atoms with Crippen molar-refractivity contribution in [1.82, 2.24) is 19.9 Å². The summed E-state index contributed by atoms with van der Waals surface area (Å²) >= 11 is 0. The predicted octanol–water partition coefficient (Wildman–Crippen LogP) is 5.57. The average molecular weight is 572 g/mol. The minimum atomic E-state index is -4.82. The van der Waals surface area contributed by atoms with Crippen molar-refractivity contribution in [3.63, 3.8) is 0 Å². The van der Waals surface area contributed by atoms with Gasteiger partial charge in [0.2, 0.25) is 0 Å². The fourth-order valence-corrected chi connectivity index (χ4v) is 5.68. The third-order valence-corrected chi connectivity index (χ3v) is 7.53. The lowest BCUT2D eigenvalue weighted by Gasteiger charge is -2.37. The molecule has 0 bridgehead atoms. The molecule has 2 N–H and O–H groups in total. The van der Waals surface area contributed by atoms with Gasteiger partial charge in [-0.25, -0.2) is 19.9 Å². The molecule has 0 aromatic carbocycles. The Kier molecular flexibility index (Phi) is 8.13. The van der Waals surface area contributed by atoms with E-state index in [1.165, 1.54) is 6.20 Å². The zero-order valence-corrected chi connectivity index (χ0v) is 22.9. The van der Waals surface area contributed by atoms with Crippen molar-refractivity contribution in [3.05, 3.63) is 42.7 Å².